The van der Waals surface area contributed by atoms with Crippen LogP contribution in [-0.2, 0) is 6.42 Å². The van der Waals surface area contributed by atoms with Crippen molar-refractivity contribution in [2.45, 2.75) is 19.4 Å². The van der Waals surface area contributed by atoms with E-state index in [0.29, 0.717) is 0 Å². The monoisotopic (exact) mass is 239 g/mol. The van der Waals surface area contributed by atoms with Gasteiger partial charge in [-0.2, -0.15) is 0 Å². The van der Waals surface area contributed by atoms with Crippen molar-refractivity contribution in [3.8, 4) is 0 Å². The van der Waals surface area contributed by atoms with E-state index in [0.717, 1.165) is 22.0 Å². The first-order valence-electron chi connectivity index (χ1n) is 4.26. The van der Waals surface area contributed by atoms with Crippen molar-refractivity contribution in [3.05, 3.63) is 33.8 Å². The van der Waals surface area contributed by atoms with Crippen molar-refractivity contribution in [1.82, 2.24) is 5.32 Å². The summed E-state index contributed by atoms with van der Waals surface area (Å²) in [5.74, 6) is 0.0428. The van der Waals surface area contributed by atoms with Gasteiger partial charge in [0.25, 0.3) is 5.91 Å². The molecule has 0 saturated carbocycles. The number of nitrogens with one attached hydrogen (secondary N) is 1. The van der Waals surface area contributed by atoms with Gasteiger partial charge in [0.15, 0.2) is 0 Å². The highest BCUT2D eigenvalue weighted by Gasteiger charge is 2.20. The lowest BCUT2D eigenvalue weighted by Gasteiger charge is -2.22. The zero-order valence-electron chi connectivity index (χ0n) is 7.30. The fourth-order valence-corrected chi connectivity index (χ4v) is 2.04. The van der Waals surface area contributed by atoms with Gasteiger partial charge < -0.3 is 5.32 Å². The van der Waals surface area contributed by atoms with Gasteiger partial charge in [0, 0.05) is 16.1 Å². The number of carbonyl (C=O) groups excluding carboxylic acids is 1. The summed E-state index contributed by atoms with van der Waals surface area (Å²) in [5.41, 5.74) is 1.94. The van der Waals surface area contributed by atoms with Crippen LogP contribution in [0, 0.1) is 0 Å². The number of rotatable bonds is 0. The number of fused-ring (bicyclic) bond motifs is 1. The number of hydrogen-bond donors (Lipinski definition) is 1. The molecule has 2 nitrogen and oxygen atoms in total. The van der Waals surface area contributed by atoms with Crippen LogP contribution < -0.4 is 5.32 Å². The van der Waals surface area contributed by atoms with Gasteiger partial charge in [-0.25, -0.2) is 0 Å². The van der Waals surface area contributed by atoms with E-state index in [-0.39, 0.29) is 11.9 Å². The van der Waals surface area contributed by atoms with Gasteiger partial charge in [-0.05, 0) is 37.1 Å². The lowest BCUT2D eigenvalue weighted by molar-refractivity contribution is 0.0929. The maximum Gasteiger partial charge on any atom is 0.251 e. The fourth-order valence-electron chi connectivity index (χ4n) is 1.64. The van der Waals surface area contributed by atoms with Crippen molar-refractivity contribution in [1.29, 1.82) is 0 Å². The Morgan fingerprint density at radius 3 is 3.08 bits per heavy atom. The van der Waals surface area contributed by atoms with E-state index in [1.165, 1.54) is 0 Å². The Morgan fingerprint density at radius 1 is 1.54 bits per heavy atom. The van der Waals surface area contributed by atoms with Gasteiger partial charge in [0.2, 0.25) is 0 Å². The molecule has 0 radical (unpaired) electrons. The molecule has 1 aliphatic heterocycles. The van der Waals surface area contributed by atoms with Crippen LogP contribution in [0.1, 0.15) is 22.8 Å². The van der Waals surface area contributed by atoms with Crippen molar-refractivity contribution >= 4 is 21.8 Å². The molecule has 1 aromatic rings. The zero-order valence-corrected chi connectivity index (χ0v) is 8.89. The molecule has 1 aromatic carbocycles. The number of carbonyl (C=O) groups is 1. The fraction of sp³-hybridized carbons (Fsp3) is 0.300. The summed E-state index contributed by atoms with van der Waals surface area (Å²) in [6, 6.07) is 6.02. The molecule has 0 fully saturated rings. The molecule has 0 bridgehead atoms. The predicted molar refractivity (Wildman–Crippen MR) is 54.8 cm³/mol. The van der Waals surface area contributed by atoms with E-state index < -0.39 is 0 Å². The minimum absolute atomic E-state index is 0.0428. The van der Waals surface area contributed by atoms with Gasteiger partial charge in [-0.15, -0.1) is 0 Å². The second kappa shape index (κ2) is 3.14. The molecule has 1 aliphatic rings. The Morgan fingerprint density at radius 2 is 2.31 bits per heavy atom. The summed E-state index contributed by atoms with van der Waals surface area (Å²) in [5, 5.41) is 2.90. The van der Waals surface area contributed by atoms with Crippen LogP contribution in [0.3, 0.4) is 0 Å². The van der Waals surface area contributed by atoms with Crippen LogP contribution in [-0.4, -0.2) is 11.9 Å². The van der Waals surface area contributed by atoms with Crippen LogP contribution >= 0.6 is 15.9 Å². The van der Waals surface area contributed by atoms with E-state index in [4.69, 9.17) is 0 Å². The van der Waals surface area contributed by atoms with Crippen LogP contribution in [0.5, 0.6) is 0 Å². The summed E-state index contributed by atoms with van der Waals surface area (Å²) in [6.45, 7) is 2.02. The van der Waals surface area contributed by atoms with E-state index in [1.807, 2.05) is 25.1 Å². The Hall–Kier alpha value is -0.830. The first kappa shape index (κ1) is 8.75. The number of amides is 1. The Bertz CT molecular complexity index is 362. The molecule has 1 amide bonds. The molecule has 0 unspecified atom stereocenters. The molecule has 1 heterocycles. The first-order valence-corrected chi connectivity index (χ1v) is 5.05. The molecular formula is C10H10BrNO. The van der Waals surface area contributed by atoms with Crippen molar-refractivity contribution in [3.63, 3.8) is 0 Å². The summed E-state index contributed by atoms with van der Waals surface area (Å²) in [7, 11) is 0. The quantitative estimate of drug-likeness (QED) is 0.739. The second-order valence-electron chi connectivity index (χ2n) is 3.38. The third-order valence-corrected chi connectivity index (χ3v) is 2.71. The molecule has 68 valence electrons. The largest absolute Gasteiger partial charge is 0.349 e. The molecule has 0 spiro atoms. The van der Waals surface area contributed by atoms with Gasteiger partial charge >= 0.3 is 0 Å². The van der Waals surface area contributed by atoms with E-state index in [1.54, 1.807) is 0 Å². The van der Waals surface area contributed by atoms with Crippen molar-refractivity contribution < 1.29 is 4.79 Å². The summed E-state index contributed by atoms with van der Waals surface area (Å²) >= 11 is 3.40. The maximum absolute atomic E-state index is 11.5. The minimum Gasteiger partial charge on any atom is -0.349 e. The molecule has 0 aliphatic carbocycles. The molecule has 3 heteroatoms. The SMILES string of the molecule is C[C@H]1Cc2cc(Br)ccc2C(=O)N1. The Labute approximate surface area is 85.5 Å². The topological polar surface area (TPSA) is 29.1 Å². The minimum atomic E-state index is 0.0428. The molecule has 2 rings (SSSR count). The van der Waals surface area contributed by atoms with Gasteiger partial charge in [0.05, 0.1) is 0 Å². The molecule has 13 heavy (non-hydrogen) atoms. The number of hydrogen-bond acceptors (Lipinski definition) is 1. The van der Waals surface area contributed by atoms with Crippen LogP contribution in [0.4, 0.5) is 0 Å². The molecule has 0 aromatic heterocycles. The van der Waals surface area contributed by atoms with Crippen molar-refractivity contribution in [2.24, 2.45) is 0 Å². The Kier molecular flexibility index (Phi) is 2.12. The highest BCUT2D eigenvalue weighted by Crippen LogP contribution is 2.21. The van der Waals surface area contributed by atoms with Crippen molar-refractivity contribution in [2.75, 3.05) is 0 Å². The third-order valence-electron chi connectivity index (χ3n) is 2.22. The lowest BCUT2D eigenvalue weighted by atomic mass is 9.96. The lowest BCUT2D eigenvalue weighted by Crippen LogP contribution is -2.39. The predicted octanol–water partition coefficient (Wildman–Crippen LogP) is 2.12. The summed E-state index contributed by atoms with van der Waals surface area (Å²) in [4.78, 5) is 11.5. The number of halogens is 1. The standard InChI is InChI=1S/C10H10BrNO/c1-6-4-7-5-8(11)2-3-9(7)10(13)12-6/h2-3,5-6H,4H2,1H3,(H,12,13)/t6-/m0/s1. The van der Waals surface area contributed by atoms with Gasteiger partial charge in [-0.1, -0.05) is 15.9 Å². The zero-order chi connectivity index (χ0) is 9.42. The maximum atomic E-state index is 11.5. The summed E-state index contributed by atoms with van der Waals surface area (Å²) < 4.78 is 1.04. The molecular weight excluding hydrogens is 230 g/mol. The number of benzene rings is 1. The van der Waals surface area contributed by atoms with Crippen LogP contribution in [0.2, 0.25) is 0 Å². The highest BCUT2D eigenvalue weighted by molar-refractivity contribution is 9.10. The smallest absolute Gasteiger partial charge is 0.251 e. The average molecular weight is 240 g/mol. The highest BCUT2D eigenvalue weighted by atomic mass is 79.9. The van der Waals surface area contributed by atoms with Crippen LogP contribution in [0.25, 0.3) is 0 Å². The second-order valence-corrected chi connectivity index (χ2v) is 4.30. The molecule has 0 saturated heterocycles. The van der Waals surface area contributed by atoms with E-state index in [9.17, 15) is 4.79 Å². The average Bonchev–Trinajstić information content (AvgIpc) is 2.02. The van der Waals surface area contributed by atoms with Gasteiger partial charge in [-0.3, -0.25) is 4.79 Å². The molecule has 1 atom stereocenters. The van der Waals surface area contributed by atoms with E-state index >= 15 is 0 Å². The molecule has 1 N–H and O–H groups in total. The van der Waals surface area contributed by atoms with Crippen LogP contribution in [0.15, 0.2) is 22.7 Å². The Balaban J connectivity index is 2.49. The van der Waals surface area contributed by atoms with Gasteiger partial charge in [0.1, 0.15) is 0 Å². The third kappa shape index (κ3) is 1.61. The summed E-state index contributed by atoms with van der Waals surface area (Å²) in [6.07, 6.45) is 0.917. The normalized spacial score (nSPS) is 20.8. The van der Waals surface area contributed by atoms with E-state index in [2.05, 4.69) is 21.2 Å². The first-order chi connectivity index (χ1) is 6.16.